The van der Waals surface area contributed by atoms with Gasteiger partial charge in [-0.1, -0.05) is 30.3 Å². The van der Waals surface area contributed by atoms with Gasteiger partial charge in [0.25, 0.3) is 5.91 Å². The highest BCUT2D eigenvalue weighted by Gasteiger charge is 2.23. The molecule has 7 nitrogen and oxygen atoms in total. The molecule has 1 fully saturated rings. The van der Waals surface area contributed by atoms with Crippen LogP contribution in [0.15, 0.2) is 35.7 Å². The van der Waals surface area contributed by atoms with Crippen molar-refractivity contribution in [2.45, 2.75) is 19.6 Å². The van der Waals surface area contributed by atoms with Gasteiger partial charge in [-0.3, -0.25) is 4.79 Å². The quantitative estimate of drug-likeness (QED) is 0.780. The largest absolute Gasteiger partial charge is 0.451 e. The SMILES string of the molecule is CC1CN(C(=O)COC(=O)c2csc(NCc3ccccc3)n2)CCO1. The second kappa shape index (κ2) is 8.77. The zero-order valence-electron chi connectivity index (χ0n) is 14.5. The van der Waals surface area contributed by atoms with Crippen molar-refractivity contribution in [3.63, 3.8) is 0 Å². The fraction of sp³-hybridized carbons (Fsp3) is 0.389. The molecule has 1 aliphatic heterocycles. The molecule has 1 amide bonds. The summed E-state index contributed by atoms with van der Waals surface area (Å²) in [5, 5.41) is 5.42. The van der Waals surface area contributed by atoms with Gasteiger partial charge in [0.1, 0.15) is 0 Å². The summed E-state index contributed by atoms with van der Waals surface area (Å²) >= 11 is 1.32. The van der Waals surface area contributed by atoms with Crippen LogP contribution in [0, 0.1) is 0 Å². The maximum absolute atomic E-state index is 12.1. The van der Waals surface area contributed by atoms with Crippen LogP contribution in [0.2, 0.25) is 0 Å². The number of morpholine rings is 1. The van der Waals surface area contributed by atoms with E-state index >= 15 is 0 Å². The third kappa shape index (κ3) is 5.03. The summed E-state index contributed by atoms with van der Waals surface area (Å²) < 4.78 is 10.5. The molecule has 3 rings (SSSR count). The van der Waals surface area contributed by atoms with E-state index in [1.807, 2.05) is 37.3 Å². The third-order valence-electron chi connectivity index (χ3n) is 3.92. The first kappa shape index (κ1) is 18.3. The minimum absolute atomic E-state index is 0.000175. The normalized spacial score (nSPS) is 17.0. The number of aromatic nitrogens is 1. The predicted octanol–water partition coefficient (Wildman–Crippen LogP) is 2.16. The molecular weight excluding hydrogens is 354 g/mol. The zero-order valence-corrected chi connectivity index (χ0v) is 15.3. The Morgan fingerprint density at radius 2 is 2.19 bits per heavy atom. The maximum atomic E-state index is 12.1. The van der Waals surface area contributed by atoms with E-state index in [1.54, 1.807) is 10.3 Å². The number of rotatable bonds is 6. The molecule has 1 unspecified atom stereocenters. The third-order valence-corrected chi connectivity index (χ3v) is 4.72. The number of carbonyl (C=O) groups excluding carboxylic acids is 2. The minimum atomic E-state index is -0.594. The van der Waals surface area contributed by atoms with Crippen molar-refractivity contribution in [3.05, 3.63) is 47.0 Å². The number of amides is 1. The summed E-state index contributed by atoms with van der Waals surface area (Å²) in [4.78, 5) is 30.1. The summed E-state index contributed by atoms with van der Waals surface area (Å²) in [5.74, 6) is -0.810. The van der Waals surface area contributed by atoms with Crippen LogP contribution in [0.4, 0.5) is 5.13 Å². The molecule has 0 radical (unpaired) electrons. The molecule has 0 aliphatic carbocycles. The number of benzene rings is 1. The van der Waals surface area contributed by atoms with E-state index in [2.05, 4.69) is 10.3 Å². The lowest BCUT2D eigenvalue weighted by Gasteiger charge is -2.30. The van der Waals surface area contributed by atoms with Gasteiger partial charge in [-0.05, 0) is 12.5 Å². The smallest absolute Gasteiger partial charge is 0.358 e. The second-order valence-electron chi connectivity index (χ2n) is 5.97. The highest BCUT2D eigenvalue weighted by atomic mass is 32.1. The van der Waals surface area contributed by atoms with E-state index in [-0.39, 0.29) is 24.3 Å². The number of ether oxygens (including phenoxy) is 2. The number of esters is 1. The van der Waals surface area contributed by atoms with Crippen LogP contribution in [-0.4, -0.2) is 54.2 Å². The number of thiazole rings is 1. The Balaban J connectivity index is 1.46. The average molecular weight is 375 g/mol. The van der Waals surface area contributed by atoms with Crippen molar-refractivity contribution in [2.75, 3.05) is 31.6 Å². The summed E-state index contributed by atoms with van der Waals surface area (Å²) in [5.41, 5.74) is 1.32. The van der Waals surface area contributed by atoms with Crippen LogP contribution < -0.4 is 5.32 Å². The molecule has 1 saturated heterocycles. The molecule has 1 N–H and O–H groups in total. The summed E-state index contributed by atoms with van der Waals surface area (Å²) in [6.07, 6.45) is 0.000175. The van der Waals surface area contributed by atoms with Crippen molar-refractivity contribution in [2.24, 2.45) is 0 Å². The molecule has 138 valence electrons. The zero-order chi connectivity index (χ0) is 18.4. The van der Waals surface area contributed by atoms with Gasteiger partial charge < -0.3 is 19.7 Å². The van der Waals surface area contributed by atoms with Gasteiger partial charge in [0.2, 0.25) is 0 Å². The van der Waals surface area contributed by atoms with E-state index in [0.717, 1.165) is 5.56 Å². The fourth-order valence-electron chi connectivity index (χ4n) is 2.56. The monoisotopic (exact) mass is 375 g/mol. The van der Waals surface area contributed by atoms with Crippen molar-refractivity contribution in [3.8, 4) is 0 Å². The highest BCUT2D eigenvalue weighted by Crippen LogP contribution is 2.17. The van der Waals surface area contributed by atoms with Crippen molar-refractivity contribution in [1.29, 1.82) is 0 Å². The van der Waals surface area contributed by atoms with Gasteiger partial charge in [0.15, 0.2) is 17.4 Å². The summed E-state index contributed by atoms with van der Waals surface area (Å²) in [7, 11) is 0. The molecule has 26 heavy (non-hydrogen) atoms. The molecule has 0 bridgehead atoms. The second-order valence-corrected chi connectivity index (χ2v) is 6.83. The van der Waals surface area contributed by atoms with Crippen molar-refractivity contribution >= 4 is 28.3 Å². The molecule has 8 heteroatoms. The van der Waals surface area contributed by atoms with Gasteiger partial charge in [-0.15, -0.1) is 11.3 Å². The first-order chi connectivity index (χ1) is 12.6. The standard InChI is InChI=1S/C18H21N3O4S/c1-13-10-21(7-8-24-13)16(22)11-25-17(23)15-12-26-18(20-15)19-9-14-5-3-2-4-6-14/h2-6,12-13H,7-11H2,1H3,(H,19,20). The van der Waals surface area contributed by atoms with Crippen LogP contribution >= 0.6 is 11.3 Å². The van der Waals surface area contributed by atoms with Crippen molar-refractivity contribution < 1.29 is 19.1 Å². The number of nitrogens with one attached hydrogen (secondary N) is 1. The Labute approximate surface area is 155 Å². The maximum Gasteiger partial charge on any atom is 0.358 e. The van der Waals surface area contributed by atoms with Gasteiger partial charge >= 0.3 is 5.97 Å². The molecule has 1 aliphatic rings. The molecule has 1 aromatic carbocycles. The first-order valence-corrected chi connectivity index (χ1v) is 9.29. The lowest BCUT2D eigenvalue weighted by atomic mass is 10.2. The summed E-state index contributed by atoms with van der Waals surface area (Å²) in [6.45, 7) is 3.78. The van der Waals surface area contributed by atoms with E-state index in [4.69, 9.17) is 9.47 Å². The van der Waals surface area contributed by atoms with Gasteiger partial charge in [0, 0.05) is 25.0 Å². The number of anilines is 1. The number of hydrogen-bond acceptors (Lipinski definition) is 7. The topological polar surface area (TPSA) is 80.8 Å². The Morgan fingerprint density at radius 1 is 1.38 bits per heavy atom. The van der Waals surface area contributed by atoms with Crippen LogP contribution in [0.25, 0.3) is 0 Å². The Kier molecular flexibility index (Phi) is 6.19. The Hall–Kier alpha value is -2.45. The number of hydrogen-bond donors (Lipinski definition) is 1. The average Bonchev–Trinajstić information content (AvgIpc) is 3.14. The van der Waals surface area contributed by atoms with Crippen LogP contribution in [0.5, 0.6) is 0 Å². The van der Waals surface area contributed by atoms with E-state index in [1.165, 1.54) is 11.3 Å². The lowest BCUT2D eigenvalue weighted by Crippen LogP contribution is -2.46. The number of nitrogens with zero attached hydrogens (tertiary/aromatic N) is 2. The summed E-state index contributed by atoms with van der Waals surface area (Å²) in [6, 6.07) is 9.91. The lowest BCUT2D eigenvalue weighted by molar-refractivity contribution is -0.141. The molecule has 0 saturated carbocycles. The van der Waals surface area contributed by atoms with Crippen molar-refractivity contribution in [1.82, 2.24) is 9.88 Å². The minimum Gasteiger partial charge on any atom is -0.451 e. The van der Waals surface area contributed by atoms with Crippen LogP contribution in [0.1, 0.15) is 23.0 Å². The first-order valence-electron chi connectivity index (χ1n) is 8.41. The highest BCUT2D eigenvalue weighted by molar-refractivity contribution is 7.13. The van der Waals surface area contributed by atoms with E-state index in [0.29, 0.717) is 31.4 Å². The van der Waals surface area contributed by atoms with Gasteiger partial charge in [0.05, 0.1) is 12.7 Å². The number of carbonyl (C=O) groups is 2. The van der Waals surface area contributed by atoms with E-state index < -0.39 is 5.97 Å². The molecule has 2 aromatic rings. The van der Waals surface area contributed by atoms with Gasteiger partial charge in [-0.25, -0.2) is 9.78 Å². The van der Waals surface area contributed by atoms with Crippen LogP contribution in [0.3, 0.4) is 0 Å². The Bertz CT molecular complexity index is 750. The predicted molar refractivity (Wildman–Crippen MR) is 98.2 cm³/mol. The fourth-order valence-corrected chi connectivity index (χ4v) is 3.24. The molecule has 0 spiro atoms. The molecule has 1 atom stereocenters. The van der Waals surface area contributed by atoms with Gasteiger partial charge in [-0.2, -0.15) is 0 Å². The van der Waals surface area contributed by atoms with E-state index in [9.17, 15) is 9.59 Å². The molecule has 1 aromatic heterocycles. The van der Waals surface area contributed by atoms with Crippen LogP contribution in [-0.2, 0) is 20.8 Å². The molecule has 2 heterocycles. The molecular formula is C18H21N3O4S. The Morgan fingerprint density at radius 3 is 2.96 bits per heavy atom.